The second-order valence-electron chi connectivity index (χ2n) is 4.57. The van der Waals surface area contributed by atoms with Gasteiger partial charge in [-0.05, 0) is 50.9 Å². The molecule has 0 bridgehead atoms. The summed E-state index contributed by atoms with van der Waals surface area (Å²) in [4.78, 5) is 0. The zero-order chi connectivity index (χ0) is 9.84. The van der Waals surface area contributed by atoms with Gasteiger partial charge in [0.2, 0.25) is 0 Å². The standard InChI is InChI=1S/C11H21IO/c1-8(9(2)13)7-10-3-5-11(12)6-4-10/h8-11,13H,3-7H2,1-2H3. The van der Waals surface area contributed by atoms with Gasteiger partial charge in [0, 0.05) is 3.92 Å². The highest BCUT2D eigenvalue weighted by Gasteiger charge is 2.22. The molecular formula is C11H21IO. The highest BCUT2D eigenvalue weighted by atomic mass is 127. The van der Waals surface area contributed by atoms with Crippen LogP contribution in [0, 0.1) is 11.8 Å². The molecule has 13 heavy (non-hydrogen) atoms. The van der Waals surface area contributed by atoms with E-state index < -0.39 is 0 Å². The van der Waals surface area contributed by atoms with E-state index in [0.29, 0.717) is 5.92 Å². The van der Waals surface area contributed by atoms with Crippen LogP contribution in [0.15, 0.2) is 0 Å². The summed E-state index contributed by atoms with van der Waals surface area (Å²) in [6.07, 6.45) is 6.63. The van der Waals surface area contributed by atoms with Gasteiger partial charge in [0.05, 0.1) is 6.10 Å². The molecule has 0 radical (unpaired) electrons. The molecule has 2 atom stereocenters. The van der Waals surface area contributed by atoms with Gasteiger partial charge < -0.3 is 5.11 Å². The average molecular weight is 296 g/mol. The minimum absolute atomic E-state index is 0.127. The summed E-state index contributed by atoms with van der Waals surface area (Å²) in [5, 5.41) is 9.40. The SMILES string of the molecule is CC(O)C(C)CC1CCC(I)CC1. The van der Waals surface area contributed by atoms with Crippen LogP contribution in [0.4, 0.5) is 0 Å². The summed E-state index contributed by atoms with van der Waals surface area (Å²) >= 11 is 2.56. The molecule has 0 spiro atoms. The van der Waals surface area contributed by atoms with Crippen LogP contribution in [-0.4, -0.2) is 15.1 Å². The quantitative estimate of drug-likeness (QED) is 0.625. The van der Waals surface area contributed by atoms with Crippen molar-refractivity contribution in [2.45, 2.75) is 56.0 Å². The Kier molecular flexibility index (Phi) is 5.01. The first-order valence-electron chi connectivity index (χ1n) is 5.41. The van der Waals surface area contributed by atoms with Crippen molar-refractivity contribution in [2.24, 2.45) is 11.8 Å². The van der Waals surface area contributed by atoms with Crippen LogP contribution >= 0.6 is 22.6 Å². The van der Waals surface area contributed by atoms with Crippen molar-refractivity contribution in [2.75, 3.05) is 0 Å². The van der Waals surface area contributed by atoms with E-state index in [0.717, 1.165) is 9.84 Å². The van der Waals surface area contributed by atoms with Crippen LogP contribution < -0.4 is 0 Å². The number of aliphatic hydroxyl groups is 1. The van der Waals surface area contributed by atoms with Crippen molar-refractivity contribution in [3.63, 3.8) is 0 Å². The van der Waals surface area contributed by atoms with E-state index in [9.17, 15) is 5.11 Å². The van der Waals surface area contributed by atoms with E-state index in [1.807, 2.05) is 6.92 Å². The molecule has 1 saturated carbocycles. The predicted molar refractivity (Wildman–Crippen MR) is 65.2 cm³/mol. The maximum Gasteiger partial charge on any atom is 0.0537 e. The number of hydrogen-bond acceptors (Lipinski definition) is 1. The second-order valence-corrected chi connectivity index (χ2v) is 6.33. The normalized spacial score (nSPS) is 34.2. The minimum atomic E-state index is -0.127. The van der Waals surface area contributed by atoms with E-state index in [1.165, 1.54) is 32.1 Å². The number of rotatable bonds is 3. The molecule has 2 unspecified atom stereocenters. The molecule has 0 heterocycles. The van der Waals surface area contributed by atoms with Gasteiger partial charge in [-0.3, -0.25) is 0 Å². The summed E-state index contributed by atoms with van der Waals surface area (Å²) in [6.45, 7) is 4.08. The van der Waals surface area contributed by atoms with Crippen LogP contribution in [0.25, 0.3) is 0 Å². The van der Waals surface area contributed by atoms with Gasteiger partial charge in [-0.2, -0.15) is 0 Å². The van der Waals surface area contributed by atoms with Crippen LogP contribution in [-0.2, 0) is 0 Å². The first-order valence-corrected chi connectivity index (χ1v) is 6.66. The van der Waals surface area contributed by atoms with Gasteiger partial charge in [0.25, 0.3) is 0 Å². The van der Waals surface area contributed by atoms with Gasteiger partial charge in [-0.25, -0.2) is 0 Å². The lowest BCUT2D eigenvalue weighted by Gasteiger charge is -2.28. The summed E-state index contributed by atoms with van der Waals surface area (Å²) in [6, 6.07) is 0. The number of halogens is 1. The molecule has 0 amide bonds. The van der Waals surface area contributed by atoms with E-state index in [4.69, 9.17) is 0 Å². The van der Waals surface area contributed by atoms with Gasteiger partial charge >= 0.3 is 0 Å². The predicted octanol–water partition coefficient (Wildman–Crippen LogP) is 3.39. The van der Waals surface area contributed by atoms with Gasteiger partial charge in [-0.1, -0.05) is 29.5 Å². The van der Waals surface area contributed by atoms with Gasteiger partial charge in [0.1, 0.15) is 0 Å². The van der Waals surface area contributed by atoms with Crippen LogP contribution in [0.2, 0.25) is 0 Å². The van der Waals surface area contributed by atoms with Crippen molar-refractivity contribution >= 4 is 22.6 Å². The van der Waals surface area contributed by atoms with E-state index in [1.54, 1.807) is 0 Å². The molecule has 2 heteroatoms. The first kappa shape index (κ1) is 11.8. The fourth-order valence-electron chi connectivity index (χ4n) is 2.08. The molecule has 0 saturated heterocycles. The van der Waals surface area contributed by atoms with Gasteiger partial charge in [0.15, 0.2) is 0 Å². The van der Waals surface area contributed by atoms with E-state index >= 15 is 0 Å². The zero-order valence-corrected chi connectivity index (χ0v) is 10.8. The Balaban J connectivity index is 2.22. The molecule has 1 N–H and O–H groups in total. The average Bonchev–Trinajstić information content (AvgIpc) is 2.08. The fraction of sp³-hybridized carbons (Fsp3) is 1.00. The third-order valence-electron chi connectivity index (χ3n) is 3.30. The smallest absolute Gasteiger partial charge is 0.0537 e. The molecule has 1 aliphatic carbocycles. The molecular weight excluding hydrogens is 275 g/mol. The molecule has 1 nitrogen and oxygen atoms in total. The number of hydrogen-bond donors (Lipinski definition) is 1. The van der Waals surface area contributed by atoms with Crippen molar-refractivity contribution < 1.29 is 5.11 Å². The summed E-state index contributed by atoms with van der Waals surface area (Å²) in [7, 11) is 0. The minimum Gasteiger partial charge on any atom is -0.393 e. The molecule has 0 aromatic heterocycles. The number of alkyl halides is 1. The molecule has 0 aromatic rings. The lowest BCUT2D eigenvalue weighted by molar-refractivity contribution is 0.113. The molecule has 0 aromatic carbocycles. The van der Waals surface area contributed by atoms with Crippen LogP contribution in [0.3, 0.4) is 0 Å². The number of aliphatic hydroxyl groups excluding tert-OH is 1. The Labute approximate surface area is 95.4 Å². The van der Waals surface area contributed by atoms with Gasteiger partial charge in [-0.15, -0.1) is 0 Å². The van der Waals surface area contributed by atoms with E-state index in [2.05, 4.69) is 29.5 Å². The molecule has 0 aliphatic heterocycles. The summed E-state index contributed by atoms with van der Waals surface area (Å²) in [5.74, 6) is 1.37. The fourth-order valence-corrected chi connectivity index (χ4v) is 2.80. The molecule has 78 valence electrons. The molecule has 1 fully saturated rings. The monoisotopic (exact) mass is 296 g/mol. The molecule has 1 rings (SSSR count). The first-order chi connectivity index (χ1) is 6.09. The lowest BCUT2D eigenvalue weighted by Crippen LogP contribution is -2.21. The zero-order valence-electron chi connectivity index (χ0n) is 8.67. The highest BCUT2D eigenvalue weighted by molar-refractivity contribution is 14.1. The summed E-state index contributed by atoms with van der Waals surface area (Å²) < 4.78 is 0.913. The Morgan fingerprint density at radius 3 is 2.23 bits per heavy atom. The topological polar surface area (TPSA) is 20.2 Å². The Morgan fingerprint density at radius 1 is 1.23 bits per heavy atom. The Hall–Kier alpha value is 0.690. The van der Waals surface area contributed by atoms with E-state index in [-0.39, 0.29) is 6.10 Å². The molecule has 1 aliphatic rings. The third-order valence-corrected chi connectivity index (χ3v) is 4.55. The van der Waals surface area contributed by atoms with Crippen LogP contribution in [0.1, 0.15) is 46.0 Å². The summed E-state index contributed by atoms with van der Waals surface area (Å²) in [5.41, 5.74) is 0. The Bertz CT molecular complexity index is 139. The van der Waals surface area contributed by atoms with Crippen molar-refractivity contribution in [3.05, 3.63) is 0 Å². The van der Waals surface area contributed by atoms with Crippen molar-refractivity contribution in [3.8, 4) is 0 Å². The lowest BCUT2D eigenvalue weighted by atomic mass is 9.82. The highest BCUT2D eigenvalue weighted by Crippen LogP contribution is 2.33. The second kappa shape index (κ2) is 5.54. The van der Waals surface area contributed by atoms with Crippen LogP contribution in [0.5, 0.6) is 0 Å². The maximum atomic E-state index is 9.40. The van der Waals surface area contributed by atoms with Crippen molar-refractivity contribution in [1.82, 2.24) is 0 Å². The largest absolute Gasteiger partial charge is 0.393 e. The van der Waals surface area contributed by atoms with Crippen molar-refractivity contribution in [1.29, 1.82) is 0 Å². The Morgan fingerprint density at radius 2 is 1.77 bits per heavy atom. The maximum absolute atomic E-state index is 9.40. The third kappa shape index (κ3) is 4.15.